The molecule has 1 fully saturated rings. The molecule has 0 aromatic carbocycles. The summed E-state index contributed by atoms with van der Waals surface area (Å²) in [6.07, 6.45) is -0.559. The number of aromatic nitrogens is 1. The number of alkyl halides is 3. The van der Waals surface area contributed by atoms with Crippen LogP contribution in [0.4, 0.5) is 19.0 Å². The number of hydrogen-bond acceptors (Lipinski definition) is 3. The zero-order valence-corrected chi connectivity index (χ0v) is 10.8. The second kappa shape index (κ2) is 5.36. The topological polar surface area (TPSA) is 42.1 Å². The Bertz CT molecular complexity index is 427. The third kappa shape index (κ3) is 4.09. The minimum Gasteiger partial charge on any atom is -0.344 e. The largest absolute Gasteiger partial charge is 0.405 e. The van der Waals surface area contributed by atoms with Gasteiger partial charge in [-0.1, -0.05) is 6.07 Å². The van der Waals surface area contributed by atoms with Gasteiger partial charge in [-0.3, -0.25) is 0 Å². The van der Waals surface area contributed by atoms with Crippen molar-refractivity contribution in [3.8, 4) is 0 Å². The molecule has 1 aromatic rings. The van der Waals surface area contributed by atoms with Crippen LogP contribution >= 0.6 is 0 Å². The van der Waals surface area contributed by atoms with E-state index in [4.69, 9.17) is 5.73 Å². The van der Waals surface area contributed by atoms with Crippen molar-refractivity contribution < 1.29 is 13.2 Å². The molecule has 1 heterocycles. The van der Waals surface area contributed by atoms with E-state index in [1.807, 2.05) is 6.92 Å². The Hall–Kier alpha value is -1.30. The van der Waals surface area contributed by atoms with Gasteiger partial charge in [0.05, 0.1) is 0 Å². The van der Waals surface area contributed by atoms with Crippen molar-refractivity contribution in [2.75, 3.05) is 11.4 Å². The van der Waals surface area contributed by atoms with E-state index in [0.717, 1.165) is 18.4 Å². The number of pyridine rings is 1. The van der Waals surface area contributed by atoms with Crippen LogP contribution in [0, 0.1) is 0 Å². The molecule has 1 unspecified atom stereocenters. The second-order valence-corrected chi connectivity index (χ2v) is 5.14. The van der Waals surface area contributed by atoms with Gasteiger partial charge < -0.3 is 10.6 Å². The summed E-state index contributed by atoms with van der Waals surface area (Å²) >= 11 is 0. The number of nitrogens with two attached hydrogens (primary N) is 1. The minimum absolute atomic E-state index is 0.0386. The van der Waals surface area contributed by atoms with Crippen LogP contribution in [0.3, 0.4) is 0 Å². The van der Waals surface area contributed by atoms with Crippen molar-refractivity contribution >= 4 is 5.82 Å². The Balaban J connectivity index is 2.25. The van der Waals surface area contributed by atoms with Crippen LogP contribution in [0.25, 0.3) is 0 Å². The van der Waals surface area contributed by atoms with Crippen molar-refractivity contribution in [3.63, 3.8) is 0 Å². The van der Waals surface area contributed by atoms with Crippen LogP contribution in [0.5, 0.6) is 0 Å². The van der Waals surface area contributed by atoms with E-state index in [1.165, 1.54) is 11.1 Å². The highest BCUT2D eigenvalue weighted by Crippen LogP contribution is 2.35. The third-order valence-corrected chi connectivity index (χ3v) is 3.02. The lowest BCUT2D eigenvalue weighted by atomic mass is 10.1. The molecule has 1 aromatic heterocycles. The third-order valence-electron chi connectivity index (χ3n) is 3.02. The maximum absolute atomic E-state index is 12.7. The Labute approximate surface area is 110 Å². The molecule has 2 N–H and O–H groups in total. The van der Waals surface area contributed by atoms with Crippen molar-refractivity contribution in [1.82, 2.24) is 4.98 Å². The normalized spacial score (nSPS) is 17.3. The van der Waals surface area contributed by atoms with Crippen molar-refractivity contribution in [3.05, 3.63) is 23.9 Å². The molecule has 1 saturated carbocycles. The molecule has 2 rings (SSSR count). The molecule has 1 aliphatic rings. The van der Waals surface area contributed by atoms with Gasteiger partial charge in [-0.05, 0) is 37.8 Å². The average Bonchev–Trinajstić information content (AvgIpc) is 3.08. The molecule has 0 amide bonds. The van der Waals surface area contributed by atoms with Gasteiger partial charge in [0.2, 0.25) is 0 Å². The maximum Gasteiger partial charge on any atom is 0.405 e. The van der Waals surface area contributed by atoms with E-state index >= 15 is 0 Å². The Kier molecular flexibility index (Phi) is 3.99. The van der Waals surface area contributed by atoms with Gasteiger partial charge in [-0.25, -0.2) is 4.98 Å². The smallest absolute Gasteiger partial charge is 0.344 e. The molecule has 1 aliphatic carbocycles. The molecule has 0 radical (unpaired) electrons. The molecule has 1 atom stereocenters. The number of hydrogen-bond donors (Lipinski definition) is 1. The Morgan fingerprint density at radius 3 is 2.68 bits per heavy atom. The molecule has 6 heteroatoms. The first-order chi connectivity index (χ1) is 8.87. The SMILES string of the molecule is CC(N)Cc1cccnc1N(CC(F)(F)F)C1CC1. The highest BCUT2D eigenvalue weighted by atomic mass is 19.4. The fourth-order valence-electron chi connectivity index (χ4n) is 2.15. The lowest BCUT2D eigenvalue weighted by molar-refractivity contribution is -0.120. The predicted molar refractivity (Wildman–Crippen MR) is 68.0 cm³/mol. The Morgan fingerprint density at radius 1 is 1.47 bits per heavy atom. The number of rotatable bonds is 5. The molecule has 0 saturated heterocycles. The zero-order valence-electron chi connectivity index (χ0n) is 10.8. The van der Waals surface area contributed by atoms with E-state index in [1.54, 1.807) is 12.1 Å². The highest BCUT2D eigenvalue weighted by Gasteiger charge is 2.39. The van der Waals surface area contributed by atoms with Gasteiger partial charge in [0.25, 0.3) is 0 Å². The van der Waals surface area contributed by atoms with Crippen LogP contribution in [-0.2, 0) is 6.42 Å². The van der Waals surface area contributed by atoms with Gasteiger partial charge in [0.1, 0.15) is 12.4 Å². The summed E-state index contributed by atoms with van der Waals surface area (Å²) in [6.45, 7) is 0.892. The molecule has 106 valence electrons. The number of halogens is 3. The predicted octanol–water partition coefficient (Wildman–Crippen LogP) is 2.50. The first-order valence-electron chi connectivity index (χ1n) is 6.39. The van der Waals surface area contributed by atoms with Crippen molar-refractivity contribution in [2.24, 2.45) is 5.73 Å². The quantitative estimate of drug-likeness (QED) is 0.896. The maximum atomic E-state index is 12.7. The van der Waals surface area contributed by atoms with Crippen LogP contribution in [0.2, 0.25) is 0 Å². The first kappa shape index (κ1) is 14.1. The highest BCUT2D eigenvalue weighted by molar-refractivity contribution is 5.49. The van der Waals surface area contributed by atoms with E-state index in [0.29, 0.717) is 12.2 Å². The lowest BCUT2D eigenvalue weighted by Gasteiger charge is -2.27. The van der Waals surface area contributed by atoms with Crippen molar-refractivity contribution in [2.45, 2.75) is 44.4 Å². The molecule has 0 spiro atoms. The lowest BCUT2D eigenvalue weighted by Crippen LogP contribution is -2.37. The summed E-state index contributed by atoms with van der Waals surface area (Å²) in [5.41, 5.74) is 6.53. The summed E-state index contributed by atoms with van der Waals surface area (Å²) in [5.74, 6) is 0.430. The summed E-state index contributed by atoms with van der Waals surface area (Å²) in [4.78, 5) is 5.52. The van der Waals surface area contributed by atoms with Gasteiger partial charge >= 0.3 is 6.18 Å². The minimum atomic E-state index is -4.22. The van der Waals surface area contributed by atoms with Crippen LogP contribution in [-0.4, -0.2) is 29.8 Å². The molecule has 0 bridgehead atoms. The van der Waals surface area contributed by atoms with E-state index in [2.05, 4.69) is 4.98 Å². The van der Waals surface area contributed by atoms with E-state index in [9.17, 15) is 13.2 Å². The number of nitrogens with zero attached hydrogens (tertiary/aromatic N) is 2. The fraction of sp³-hybridized carbons (Fsp3) is 0.615. The molecule has 0 aliphatic heterocycles. The summed E-state index contributed by atoms with van der Waals surface area (Å²) in [6, 6.07) is 3.40. The standard InChI is InChI=1S/C13H18F3N3/c1-9(17)7-10-3-2-6-18-12(10)19(11-4-5-11)8-13(14,15)16/h2-3,6,9,11H,4-5,7-8,17H2,1H3. The van der Waals surface area contributed by atoms with Crippen molar-refractivity contribution in [1.29, 1.82) is 0 Å². The monoisotopic (exact) mass is 273 g/mol. The van der Waals surface area contributed by atoms with Gasteiger partial charge in [-0.2, -0.15) is 13.2 Å². The Morgan fingerprint density at radius 2 is 2.16 bits per heavy atom. The first-order valence-corrected chi connectivity index (χ1v) is 6.39. The average molecular weight is 273 g/mol. The molecule has 19 heavy (non-hydrogen) atoms. The van der Waals surface area contributed by atoms with Gasteiger partial charge in [0, 0.05) is 18.3 Å². The van der Waals surface area contributed by atoms with E-state index in [-0.39, 0.29) is 12.1 Å². The van der Waals surface area contributed by atoms with Crippen LogP contribution in [0.1, 0.15) is 25.3 Å². The molecule has 3 nitrogen and oxygen atoms in total. The van der Waals surface area contributed by atoms with Crippen LogP contribution in [0.15, 0.2) is 18.3 Å². The second-order valence-electron chi connectivity index (χ2n) is 5.14. The van der Waals surface area contributed by atoms with Gasteiger partial charge in [0.15, 0.2) is 0 Å². The van der Waals surface area contributed by atoms with Crippen LogP contribution < -0.4 is 10.6 Å². The van der Waals surface area contributed by atoms with E-state index < -0.39 is 12.7 Å². The van der Waals surface area contributed by atoms with Gasteiger partial charge in [-0.15, -0.1) is 0 Å². The summed E-state index contributed by atoms with van der Waals surface area (Å²) in [5, 5.41) is 0. The number of anilines is 1. The molecular formula is C13H18F3N3. The zero-order chi connectivity index (χ0) is 14.0. The molecular weight excluding hydrogens is 255 g/mol. The summed E-state index contributed by atoms with van der Waals surface area (Å²) < 4.78 is 38.0. The summed E-state index contributed by atoms with van der Waals surface area (Å²) in [7, 11) is 0. The fourth-order valence-corrected chi connectivity index (χ4v) is 2.15.